The number of rotatable bonds is 5. The van der Waals surface area contributed by atoms with E-state index in [9.17, 15) is 4.39 Å². The highest BCUT2D eigenvalue weighted by Crippen LogP contribution is 2.25. The minimum Gasteiger partial charge on any atom is -0.330 e. The highest BCUT2D eigenvalue weighted by atomic mass is 127. The van der Waals surface area contributed by atoms with Crippen molar-refractivity contribution < 1.29 is 4.39 Å². The van der Waals surface area contributed by atoms with Crippen molar-refractivity contribution in [3.63, 3.8) is 0 Å². The van der Waals surface area contributed by atoms with E-state index in [1.54, 1.807) is 35.5 Å². The summed E-state index contributed by atoms with van der Waals surface area (Å²) < 4.78 is 14.8. The molecule has 1 aromatic heterocycles. The fourth-order valence-electron chi connectivity index (χ4n) is 1.69. The average Bonchev–Trinajstić information content (AvgIpc) is 2.43. The molecule has 19 heavy (non-hydrogen) atoms. The summed E-state index contributed by atoms with van der Waals surface area (Å²) in [6, 6.07) is 6.60. The van der Waals surface area contributed by atoms with Gasteiger partial charge in [0.05, 0.1) is 5.69 Å². The summed E-state index contributed by atoms with van der Waals surface area (Å²) in [5.41, 5.74) is 6.00. The summed E-state index contributed by atoms with van der Waals surface area (Å²) in [6.07, 6.45) is 4.15. The van der Waals surface area contributed by atoms with Crippen LogP contribution in [0.5, 0.6) is 0 Å². The van der Waals surface area contributed by atoms with Crippen LogP contribution in [-0.4, -0.2) is 23.1 Å². The van der Waals surface area contributed by atoms with Gasteiger partial charge in [0, 0.05) is 22.5 Å². The van der Waals surface area contributed by atoms with Gasteiger partial charge >= 0.3 is 0 Å². The van der Waals surface area contributed by atoms with Gasteiger partial charge in [-0.1, -0.05) is 12.1 Å². The van der Waals surface area contributed by atoms with Crippen LogP contribution in [0.1, 0.15) is 6.42 Å². The Hall–Kier alpha value is -1.28. The van der Waals surface area contributed by atoms with Crippen LogP contribution in [0, 0.1) is 9.39 Å². The van der Waals surface area contributed by atoms with Gasteiger partial charge in [0.1, 0.15) is 5.82 Å². The first-order valence-electron chi connectivity index (χ1n) is 5.92. The standard InChI is InChI=1S/C13H14FIN4/c14-11-4-1-2-5-12(11)19(7-3-6-16)13-17-8-10(15)9-18-13/h1-2,4-5,8-9H,3,6-7,16H2. The zero-order valence-electron chi connectivity index (χ0n) is 10.3. The molecule has 0 fully saturated rings. The average molecular weight is 372 g/mol. The van der Waals surface area contributed by atoms with Gasteiger partial charge in [-0.05, 0) is 47.7 Å². The Labute approximate surface area is 125 Å². The maximum Gasteiger partial charge on any atom is 0.229 e. The second-order valence-corrected chi connectivity index (χ2v) is 5.19. The van der Waals surface area contributed by atoms with Crippen LogP contribution < -0.4 is 10.6 Å². The van der Waals surface area contributed by atoms with Crippen molar-refractivity contribution in [2.24, 2.45) is 5.73 Å². The van der Waals surface area contributed by atoms with Gasteiger partial charge in [-0.15, -0.1) is 0 Å². The number of halogens is 2. The van der Waals surface area contributed by atoms with Gasteiger partial charge in [-0.3, -0.25) is 0 Å². The zero-order valence-corrected chi connectivity index (χ0v) is 12.4. The summed E-state index contributed by atoms with van der Waals surface area (Å²) in [6.45, 7) is 1.12. The van der Waals surface area contributed by atoms with E-state index in [-0.39, 0.29) is 5.82 Å². The maximum atomic E-state index is 13.9. The zero-order chi connectivity index (χ0) is 13.7. The summed E-state index contributed by atoms with van der Waals surface area (Å²) >= 11 is 2.13. The molecule has 0 bridgehead atoms. The van der Waals surface area contributed by atoms with E-state index in [0.717, 1.165) is 9.99 Å². The third-order valence-corrected chi connectivity index (χ3v) is 3.13. The van der Waals surface area contributed by atoms with Crippen molar-refractivity contribution in [1.82, 2.24) is 9.97 Å². The first-order chi connectivity index (χ1) is 9.22. The fraction of sp³-hybridized carbons (Fsp3) is 0.231. The number of benzene rings is 1. The molecule has 2 rings (SSSR count). The first kappa shape index (κ1) is 14.1. The van der Waals surface area contributed by atoms with Crippen molar-refractivity contribution in [1.29, 1.82) is 0 Å². The number of aromatic nitrogens is 2. The fourth-order valence-corrected chi connectivity index (χ4v) is 1.97. The normalized spacial score (nSPS) is 10.5. The van der Waals surface area contributed by atoms with Gasteiger partial charge in [-0.25, -0.2) is 14.4 Å². The van der Waals surface area contributed by atoms with Crippen LogP contribution >= 0.6 is 22.6 Å². The highest BCUT2D eigenvalue weighted by Gasteiger charge is 2.15. The van der Waals surface area contributed by atoms with Crippen LogP contribution in [-0.2, 0) is 0 Å². The lowest BCUT2D eigenvalue weighted by Crippen LogP contribution is -2.23. The second-order valence-electron chi connectivity index (χ2n) is 3.95. The van der Waals surface area contributed by atoms with E-state index < -0.39 is 0 Å². The highest BCUT2D eigenvalue weighted by molar-refractivity contribution is 14.1. The molecule has 4 nitrogen and oxygen atoms in total. The molecule has 2 aromatic rings. The lowest BCUT2D eigenvalue weighted by Gasteiger charge is -2.22. The van der Waals surface area contributed by atoms with Crippen molar-refractivity contribution in [3.8, 4) is 0 Å². The molecule has 0 aliphatic rings. The van der Waals surface area contributed by atoms with Gasteiger partial charge in [0.2, 0.25) is 5.95 Å². The minimum absolute atomic E-state index is 0.290. The van der Waals surface area contributed by atoms with Gasteiger partial charge in [-0.2, -0.15) is 0 Å². The number of nitrogens with two attached hydrogens (primary N) is 1. The van der Waals surface area contributed by atoms with Crippen LogP contribution in [0.15, 0.2) is 36.7 Å². The quantitative estimate of drug-likeness (QED) is 0.821. The maximum absolute atomic E-state index is 13.9. The first-order valence-corrected chi connectivity index (χ1v) is 7.00. The van der Waals surface area contributed by atoms with Crippen molar-refractivity contribution in [2.75, 3.05) is 18.0 Å². The molecule has 100 valence electrons. The van der Waals surface area contributed by atoms with Crippen molar-refractivity contribution >= 4 is 34.2 Å². The van der Waals surface area contributed by atoms with E-state index in [2.05, 4.69) is 32.6 Å². The molecule has 0 saturated heterocycles. The van der Waals surface area contributed by atoms with Gasteiger partial charge < -0.3 is 10.6 Å². The number of para-hydroxylation sites is 1. The molecule has 1 aromatic carbocycles. The molecule has 0 unspecified atom stereocenters. The summed E-state index contributed by atoms with van der Waals surface area (Å²) in [5, 5.41) is 0. The predicted molar refractivity (Wildman–Crippen MR) is 81.8 cm³/mol. The molecule has 6 heteroatoms. The van der Waals surface area contributed by atoms with Gasteiger partial charge in [0.15, 0.2) is 0 Å². The third-order valence-electron chi connectivity index (χ3n) is 2.58. The van der Waals surface area contributed by atoms with Crippen molar-refractivity contribution in [3.05, 3.63) is 46.0 Å². The Bertz CT molecular complexity index is 532. The Morgan fingerprint density at radius 2 is 1.89 bits per heavy atom. The monoisotopic (exact) mass is 372 g/mol. The molecule has 2 N–H and O–H groups in total. The number of hydrogen-bond donors (Lipinski definition) is 1. The van der Waals surface area contributed by atoms with Crippen LogP contribution in [0.3, 0.4) is 0 Å². The molecule has 0 radical (unpaired) electrons. The molecule has 0 aliphatic heterocycles. The number of nitrogens with zero attached hydrogens (tertiary/aromatic N) is 3. The molecule has 1 heterocycles. The number of anilines is 2. The number of hydrogen-bond acceptors (Lipinski definition) is 4. The SMILES string of the molecule is NCCCN(c1ncc(I)cn1)c1ccccc1F. The van der Waals surface area contributed by atoms with E-state index in [0.29, 0.717) is 24.7 Å². The molecular weight excluding hydrogens is 358 g/mol. The second kappa shape index (κ2) is 6.76. The Morgan fingerprint density at radius 1 is 1.21 bits per heavy atom. The molecule has 0 saturated carbocycles. The molecule has 0 aliphatic carbocycles. The van der Waals surface area contributed by atoms with Crippen LogP contribution in [0.4, 0.5) is 16.0 Å². The summed E-state index contributed by atoms with van der Waals surface area (Å²) in [4.78, 5) is 10.2. The van der Waals surface area contributed by atoms with Gasteiger partial charge in [0.25, 0.3) is 0 Å². The van der Waals surface area contributed by atoms with Crippen molar-refractivity contribution in [2.45, 2.75) is 6.42 Å². The molecule has 0 amide bonds. The summed E-state index contributed by atoms with van der Waals surface area (Å²) in [7, 11) is 0. The van der Waals surface area contributed by atoms with Crippen LogP contribution in [0.25, 0.3) is 0 Å². The smallest absolute Gasteiger partial charge is 0.229 e. The minimum atomic E-state index is -0.290. The molecule has 0 atom stereocenters. The molecular formula is C13H14FIN4. The topological polar surface area (TPSA) is 55.0 Å². The lowest BCUT2D eigenvalue weighted by atomic mass is 10.2. The third kappa shape index (κ3) is 3.60. The van der Waals surface area contributed by atoms with E-state index in [1.165, 1.54) is 6.07 Å². The Kier molecular flexibility index (Phi) is 5.03. The molecule has 0 spiro atoms. The van der Waals surface area contributed by atoms with E-state index >= 15 is 0 Å². The predicted octanol–water partition coefficient (Wildman–Crippen LogP) is 2.71. The Balaban J connectivity index is 2.35. The van der Waals surface area contributed by atoms with Crippen LogP contribution in [0.2, 0.25) is 0 Å². The lowest BCUT2D eigenvalue weighted by molar-refractivity contribution is 0.622. The largest absolute Gasteiger partial charge is 0.330 e. The Morgan fingerprint density at radius 3 is 2.53 bits per heavy atom. The van der Waals surface area contributed by atoms with E-state index in [4.69, 9.17) is 5.73 Å². The summed E-state index contributed by atoms with van der Waals surface area (Å²) in [5.74, 6) is 0.195. The van der Waals surface area contributed by atoms with E-state index in [1.807, 2.05) is 0 Å².